The highest BCUT2D eigenvalue weighted by Crippen LogP contribution is 2.27. The van der Waals surface area contributed by atoms with Gasteiger partial charge in [-0.1, -0.05) is 30.3 Å². The Labute approximate surface area is 168 Å². The Morgan fingerprint density at radius 2 is 1.90 bits per heavy atom. The van der Waals surface area contributed by atoms with Crippen LogP contribution >= 0.6 is 0 Å². The third-order valence-electron chi connectivity index (χ3n) is 5.77. The van der Waals surface area contributed by atoms with Crippen LogP contribution in [0.5, 0.6) is 0 Å². The van der Waals surface area contributed by atoms with Crippen molar-refractivity contribution in [3.05, 3.63) is 56.7 Å². The van der Waals surface area contributed by atoms with E-state index in [4.69, 9.17) is 9.72 Å². The first kappa shape index (κ1) is 19.4. The molecule has 0 atom stereocenters. The molecule has 0 saturated carbocycles. The highest BCUT2D eigenvalue weighted by atomic mass is 16.5. The first-order valence-electron chi connectivity index (χ1n) is 10.1. The number of nitrogens with zero attached hydrogens (tertiary/aromatic N) is 4. The molecule has 3 aromatic rings. The van der Waals surface area contributed by atoms with Gasteiger partial charge in [-0.05, 0) is 30.7 Å². The summed E-state index contributed by atoms with van der Waals surface area (Å²) in [5.74, 6) is 1.38. The Balaban J connectivity index is 1.60. The number of imidazole rings is 1. The predicted molar refractivity (Wildman–Crippen MR) is 113 cm³/mol. The van der Waals surface area contributed by atoms with Gasteiger partial charge in [-0.3, -0.25) is 14.3 Å². The molecule has 1 fully saturated rings. The zero-order chi connectivity index (χ0) is 20.4. The number of piperidine rings is 1. The molecule has 1 saturated heterocycles. The SMILES string of the molecule is COCCn1c(N2CCC(Cc3ccccc3)CC2)nc2c1c(=O)[nH]c(=O)n2C. The second-order valence-electron chi connectivity index (χ2n) is 7.67. The maximum atomic E-state index is 12.5. The molecule has 0 unspecified atom stereocenters. The molecule has 0 amide bonds. The number of benzene rings is 1. The fourth-order valence-electron chi connectivity index (χ4n) is 4.14. The number of H-pyrrole nitrogens is 1. The zero-order valence-electron chi connectivity index (χ0n) is 16.9. The average Bonchev–Trinajstić information content (AvgIpc) is 3.12. The molecular formula is C21H27N5O3. The number of rotatable bonds is 6. The van der Waals surface area contributed by atoms with E-state index in [1.165, 1.54) is 10.1 Å². The lowest BCUT2D eigenvalue weighted by Crippen LogP contribution is -2.36. The summed E-state index contributed by atoms with van der Waals surface area (Å²) in [6, 6.07) is 10.6. The van der Waals surface area contributed by atoms with Gasteiger partial charge in [0.25, 0.3) is 5.56 Å². The summed E-state index contributed by atoms with van der Waals surface area (Å²) in [7, 11) is 3.26. The molecule has 0 aliphatic carbocycles. The Morgan fingerprint density at radius 3 is 2.59 bits per heavy atom. The van der Waals surface area contributed by atoms with Crippen LogP contribution in [0, 0.1) is 5.92 Å². The minimum absolute atomic E-state index is 0.406. The Kier molecular flexibility index (Phi) is 5.53. The van der Waals surface area contributed by atoms with Crippen molar-refractivity contribution in [2.45, 2.75) is 25.8 Å². The third kappa shape index (κ3) is 3.85. The first-order valence-corrected chi connectivity index (χ1v) is 10.1. The van der Waals surface area contributed by atoms with Crippen LogP contribution in [0.4, 0.5) is 5.95 Å². The van der Waals surface area contributed by atoms with Gasteiger partial charge in [0.2, 0.25) is 5.95 Å². The number of anilines is 1. The van der Waals surface area contributed by atoms with Crippen molar-refractivity contribution >= 4 is 17.1 Å². The van der Waals surface area contributed by atoms with E-state index in [2.05, 4.69) is 34.1 Å². The van der Waals surface area contributed by atoms with E-state index >= 15 is 0 Å². The van der Waals surface area contributed by atoms with Crippen LogP contribution in [-0.2, 0) is 24.8 Å². The van der Waals surface area contributed by atoms with Gasteiger partial charge in [0.15, 0.2) is 11.2 Å². The Bertz CT molecular complexity index is 1090. The van der Waals surface area contributed by atoms with Crippen LogP contribution in [0.15, 0.2) is 39.9 Å². The lowest BCUT2D eigenvalue weighted by molar-refractivity contribution is 0.188. The second-order valence-corrected chi connectivity index (χ2v) is 7.67. The third-order valence-corrected chi connectivity index (χ3v) is 5.77. The minimum Gasteiger partial charge on any atom is -0.383 e. The summed E-state index contributed by atoms with van der Waals surface area (Å²) in [5, 5.41) is 0. The van der Waals surface area contributed by atoms with E-state index in [1.807, 2.05) is 10.6 Å². The van der Waals surface area contributed by atoms with Crippen LogP contribution in [0.2, 0.25) is 0 Å². The molecule has 1 aromatic carbocycles. The number of aromatic nitrogens is 4. The van der Waals surface area contributed by atoms with E-state index in [1.54, 1.807) is 14.2 Å². The number of fused-ring (bicyclic) bond motifs is 1. The number of hydrogen-bond acceptors (Lipinski definition) is 5. The summed E-state index contributed by atoms with van der Waals surface area (Å²) in [5.41, 5.74) is 1.35. The van der Waals surface area contributed by atoms with Crippen LogP contribution in [0.3, 0.4) is 0 Å². The van der Waals surface area contributed by atoms with Gasteiger partial charge in [0.05, 0.1) is 6.61 Å². The molecule has 8 nitrogen and oxygen atoms in total. The van der Waals surface area contributed by atoms with Gasteiger partial charge in [0.1, 0.15) is 0 Å². The molecule has 3 heterocycles. The van der Waals surface area contributed by atoms with Crippen molar-refractivity contribution in [2.24, 2.45) is 13.0 Å². The molecule has 0 radical (unpaired) electrons. The lowest BCUT2D eigenvalue weighted by Gasteiger charge is -2.33. The number of aromatic amines is 1. The molecule has 0 bridgehead atoms. The van der Waals surface area contributed by atoms with Crippen molar-refractivity contribution in [3.8, 4) is 0 Å². The number of nitrogens with one attached hydrogen (secondary N) is 1. The van der Waals surface area contributed by atoms with Gasteiger partial charge in [-0.25, -0.2) is 4.79 Å². The highest BCUT2D eigenvalue weighted by Gasteiger charge is 2.25. The van der Waals surface area contributed by atoms with Crippen LogP contribution in [0.25, 0.3) is 11.2 Å². The molecule has 1 N–H and O–H groups in total. The van der Waals surface area contributed by atoms with Crippen LogP contribution in [-0.4, -0.2) is 45.9 Å². The Hall–Kier alpha value is -2.87. The largest absolute Gasteiger partial charge is 0.383 e. The number of aryl methyl sites for hydroxylation is 1. The second kappa shape index (κ2) is 8.24. The maximum absolute atomic E-state index is 12.5. The summed E-state index contributed by atoms with van der Waals surface area (Å²) in [6.45, 7) is 2.72. The topological polar surface area (TPSA) is 85.2 Å². The fraction of sp³-hybridized carbons (Fsp3) is 0.476. The average molecular weight is 397 g/mol. The standard InChI is InChI=1S/C21H27N5O3/c1-24-18-17(19(27)23-21(24)28)26(12-13-29-2)20(22-18)25-10-8-16(9-11-25)14-15-6-4-3-5-7-15/h3-7,16H,8-14H2,1-2H3,(H,23,27,28). The molecular weight excluding hydrogens is 370 g/mol. The van der Waals surface area contributed by atoms with Crippen molar-refractivity contribution in [3.63, 3.8) is 0 Å². The summed E-state index contributed by atoms with van der Waals surface area (Å²) in [4.78, 5) is 33.8. The lowest BCUT2D eigenvalue weighted by atomic mass is 9.90. The van der Waals surface area contributed by atoms with Gasteiger partial charge in [-0.2, -0.15) is 4.98 Å². The number of ether oxygens (including phenoxy) is 1. The molecule has 29 heavy (non-hydrogen) atoms. The zero-order valence-corrected chi connectivity index (χ0v) is 16.9. The fourth-order valence-corrected chi connectivity index (χ4v) is 4.14. The quantitative estimate of drug-likeness (QED) is 0.682. The van der Waals surface area contributed by atoms with E-state index < -0.39 is 11.2 Å². The van der Waals surface area contributed by atoms with Gasteiger partial charge in [0, 0.05) is 33.8 Å². The van der Waals surface area contributed by atoms with Gasteiger partial charge >= 0.3 is 5.69 Å². The van der Waals surface area contributed by atoms with Gasteiger partial charge in [-0.15, -0.1) is 0 Å². The maximum Gasteiger partial charge on any atom is 0.329 e. The van der Waals surface area contributed by atoms with Crippen molar-refractivity contribution in [1.82, 2.24) is 19.1 Å². The summed E-state index contributed by atoms with van der Waals surface area (Å²) in [6.07, 6.45) is 3.22. The number of hydrogen-bond donors (Lipinski definition) is 1. The Morgan fingerprint density at radius 1 is 1.17 bits per heavy atom. The summed E-state index contributed by atoms with van der Waals surface area (Å²) >= 11 is 0. The molecule has 154 valence electrons. The van der Waals surface area contributed by atoms with Crippen LogP contribution < -0.4 is 16.1 Å². The van der Waals surface area contributed by atoms with E-state index in [0.717, 1.165) is 38.3 Å². The van der Waals surface area contributed by atoms with Crippen molar-refractivity contribution in [1.29, 1.82) is 0 Å². The summed E-state index contributed by atoms with van der Waals surface area (Å²) < 4.78 is 8.51. The predicted octanol–water partition coefficient (Wildman–Crippen LogP) is 1.53. The highest BCUT2D eigenvalue weighted by molar-refractivity contribution is 5.74. The number of methoxy groups -OCH3 is 1. The smallest absolute Gasteiger partial charge is 0.329 e. The molecule has 4 rings (SSSR count). The monoisotopic (exact) mass is 397 g/mol. The molecule has 8 heteroatoms. The van der Waals surface area contributed by atoms with Gasteiger partial charge < -0.3 is 14.2 Å². The van der Waals surface area contributed by atoms with Crippen LogP contribution in [0.1, 0.15) is 18.4 Å². The molecule has 1 aliphatic rings. The van der Waals surface area contributed by atoms with Crippen molar-refractivity contribution < 1.29 is 4.74 Å². The molecule has 0 spiro atoms. The normalized spacial score (nSPS) is 15.3. The van der Waals surface area contributed by atoms with E-state index in [0.29, 0.717) is 30.2 Å². The van der Waals surface area contributed by atoms with E-state index in [-0.39, 0.29) is 0 Å². The first-order chi connectivity index (χ1) is 14.1. The minimum atomic E-state index is -0.452. The van der Waals surface area contributed by atoms with E-state index in [9.17, 15) is 9.59 Å². The van der Waals surface area contributed by atoms with Crippen molar-refractivity contribution in [2.75, 3.05) is 31.7 Å². The molecule has 1 aliphatic heterocycles. The molecule has 2 aromatic heterocycles.